The van der Waals surface area contributed by atoms with Crippen molar-refractivity contribution in [3.8, 4) is 0 Å². The van der Waals surface area contributed by atoms with Gasteiger partial charge in [-0.15, -0.1) is 0 Å². The zero-order valence-electron chi connectivity index (χ0n) is 19.3. The highest BCUT2D eigenvalue weighted by molar-refractivity contribution is 5.92. The van der Waals surface area contributed by atoms with E-state index in [4.69, 9.17) is 11.5 Å². The molecule has 0 radical (unpaired) electrons. The Kier molecular flexibility index (Phi) is 7.40. The van der Waals surface area contributed by atoms with Crippen molar-refractivity contribution in [3.63, 3.8) is 0 Å². The number of rotatable bonds is 9. The van der Waals surface area contributed by atoms with Crippen LogP contribution in [0.2, 0.25) is 0 Å². The van der Waals surface area contributed by atoms with Crippen molar-refractivity contribution < 1.29 is 9.59 Å². The minimum atomic E-state index is -0.912. The molecule has 0 bridgehead atoms. The average Bonchev–Trinajstić information content (AvgIpc) is 3.34. The molecule has 0 spiro atoms. The van der Waals surface area contributed by atoms with Gasteiger partial charge in [0.1, 0.15) is 5.41 Å². The molecule has 1 heterocycles. The van der Waals surface area contributed by atoms with Gasteiger partial charge in [0.15, 0.2) is 0 Å². The van der Waals surface area contributed by atoms with Crippen LogP contribution in [0.25, 0.3) is 0 Å². The first kappa shape index (κ1) is 23.7. The van der Waals surface area contributed by atoms with Crippen molar-refractivity contribution in [3.05, 3.63) is 102 Å². The zero-order valence-corrected chi connectivity index (χ0v) is 19.3. The molecule has 4 rings (SSSR count). The summed E-state index contributed by atoms with van der Waals surface area (Å²) in [6.45, 7) is 2.62. The van der Waals surface area contributed by atoms with Crippen molar-refractivity contribution in [2.45, 2.75) is 24.8 Å². The summed E-state index contributed by atoms with van der Waals surface area (Å²) in [5.41, 5.74) is 14.5. The summed E-state index contributed by atoms with van der Waals surface area (Å²) in [5, 5.41) is 2.95. The number of primary amides is 1. The Morgan fingerprint density at radius 1 is 0.912 bits per heavy atom. The number of amides is 2. The zero-order chi connectivity index (χ0) is 24.0. The van der Waals surface area contributed by atoms with Crippen molar-refractivity contribution in [1.82, 2.24) is 4.90 Å². The lowest BCUT2D eigenvalue weighted by atomic mass is 9.64. The second-order valence-corrected chi connectivity index (χ2v) is 8.89. The fourth-order valence-electron chi connectivity index (χ4n) is 5.12. The Morgan fingerprint density at radius 2 is 1.50 bits per heavy atom. The van der Waals surface area contributed by atoms with E-state index >= 15 is 0 Å². The lowest BCUT2D eigenvalue weighted by molar-refractivity contribution is -0.124. The molecule has 1 aliphatic heterocycles. The lowest BCUT2D eigenvalue weighted by Gasteiger charge is -2.37. The van der Waals surface area contributed by atoms with E-state index in [2.05, 4.69) is 10.2 Å². The minimum absolute atomic E-state index is 0.0154. The Labute approximate surface area is 201 Å². The SMILES string of the molecule is NCc1ccc(NC(=O)CCN2CC[C@@H](C(C(N)=O)(c3ccccc3)c3ccccc3)C2)cc1. The highest BCUT2D eigenvalue weighted by atomic mass is 16.2. The first-order valence-electron chi connectivity index (χ1n) is 11.8. The highest BCUT2D eigenvalue weighted by Crippen LogP contribution is 2.43. The molecule has 1 fully saturated rings. The van der Waals surface area contributed by atoms with E-state index < -0.39 is 5.41 Å². The van der Waals surface area contributed by atoms with E-state index in [0.717, 1.165) is 35.3 Å². The summed E-state index contributed by atoms with van der Waals surface area (Å²) in [5.74, 6) is -0.353. The quantitative estimate of drug-likeness (QED) is 0.460. The van der Waals surface area contributed by atoms with Gasteiger partial charge < -0.3 is 21.7 Å². The van der Waals surface area contributed by atoms with E-state index in [1.54, 1.807) is 0 Å². The average molecular weight is 457 g/mol. The molecule has 0 unspecified atom stereocenters. The van der Waals surface area contributed by atoms with Crippen LogP contribution in [0.15, 0.2) is 84.9 Å². The third kappa shape index (κ3) is 4.88. The van der Waals surface area contributed by atoms with Crippen LogP contribution < -0.4 is 16.8 Å². The molecule has 0 aliphatic carbocycles. The molecule has 176 valence electrons. The smallest absolute Gasteiger partial charge is 0.232 e. The van der Waals surface area contributed by atoms with E-state index in [9.17, 15) is 9.59 Å². The molecule has 3 aromatic carbocycles. The number of benzene rings is 3. The van der Waals surface area contributed by atoms with Crippen LogP contribution in [0, 0.1) is 5.92 Å². The molecule has 0 aromatic heterocycles. The number of hydrogen-bond donors (Lipinski definition) is 3. The Balaban J connectivity index is 1.47. The number of likely N-dealkylation sites (tertiary alicyclic amines) is 1. The van der Waals surface area contributed by atoms with Crippen LogP contribution in [0.3, 0.4) is 0 Å². The number of nitrogens with two attached hydrogens (primary N) is 2. The summed E-state index contributed by atoms with van der Waals surface area (Å²) in [6.07, 6.45) is 1.21. The maximum Gasteiger partial charge on any atom is 0.232 e. The Hall–Kier alpha value is -3.48. The standard InChI is InChI=1S/C28H32N4O2/c29-19-21-11-13-25(14-12-21)31-26(33)16-18-32-17-15-24(20-32)28(27(30)34,22-7-3-1-4-8-22)23-9-5-2-6-10-23/h1-14,24H,15-20,29H2,(H2,30,34)(H,31,33)/t24-/m1/s1. The number of carbonyl (C=O) groups excluding carboxylic acids is 2. The van der Waals surface area contributed by atoms with Gasteiger partial charge in [0.25, 0.3) is 0 Å². The predicted octanol–water partition coefficient (Wildman–Crippen LogP) is 3.27. The van der Waals surface area contributed by atoms with Crippen molar-refractivity contribution in [1.29, 1.82) is 0 Å². The summed E-state index contributed by atoms with van der Waals surface area (Å²) >= 11 is 0. The van der Waals surface area contributed by atoms with E-state index in [-0.39, 0.29) is 17.7 Å². The molecule has 5 N–H and O–H groups in total. The monoisotopic (exact) mass is 456 g/mol. The van der Waals surface area contributed by atoms with E-state index in [1.165, 1.54) is 0 Å². The molecule has 2 amide bonds. The molecule has 3 aromatic rings. The molecule has 0 saturated carbocycles. The number of carbonyl (C=O) groups is 2. The highest BCUT2D eigenvalue weighted by Gasteiger charge is 2.49. The van der Waals surface area contributed by atoms with Crippen molar-refractivity contribution in [2.24, 2.45) is 17.4 Å². The van der Waals surface area contributed by atoms with Gasteiger partial charge in [-0.2, -0.15) is 0 Å². The van der Waals surface area contributed by atoms with Crippen LogP contribution in [0.4, 0.5) is 5.69 Å². The van der Waals surface area contributed by atoms with Crippen LogP contribution in [0.1, 0.15) is 29.5 Å². The first-order chi connectivity index (χ1) is 16.5. The van der Waals surface area contributed by atoms with E-state index in [0.29, 0.717) is 26.1 Å². The number of anilines is 1. The van der Waals surface area contributed by atoms with Crippen LogP contribution in [-0.2, 0) is 21.5 Å². The number of nitrogens with one attached hydrogen (secondary N) is 1. The molecule has 34 heavy (non-hydrogen) atoms. The minimum Gasteiger partial charge on any atom is -0.369 e. The third-order valence-corrected chi connectivity index (χ3v) is 6.86. The summed E-state index contributed by atoms with van der Waals surface area (Å²) in [7, 11) is 0. The normalized spacial score (nSPS) is 16.3. The van der Waals surface area contributed by atoms with Crippen LogP contribution in [0.5, 0.6) is 0 Å². The fraction of sp³-hybridized carbons (Fsp3) is 0.286. The van der Waals surface area contributed by atoms with Crippen LogP contribution in [-0.4, -0.2) is 36.3 Å². The van der Waals surface area contributed by atoms with Gasteiger partial charge in [0.2, 0.25) is 11.8 Å². The van der Waals surface area contributed by atoms with Gasteiger partial charge in [-0.3, -0.25) is 9.59 Å². The maximum atomic E-state index is 13.2. The van der Waals surface area contributed by atoms with Gasteiger partial charge in [0.05, 0.1) is 0 Å². The predicted molar refractivity (Wildman–Crippen MR) is 135 cm³/mol. The van der Waals surface area contributed by atoms with Gasteiger partial charge in [-0.1, -0.05) is 72.8 Å². The molecule has 1 atom stereocenters. The molecular weight excluding hydrogens is 424 g/mol. The maximum absolute atomic E-state index is 13.2. The molecular formula is C28H32N4O2. The van der Waals surface area contributed by atoms with Gasteiger partial charge in [-0.05, 0) is 47.7 Å². The summed E-state index contributed by atoms with van der Waals surface area (Å²) < 4.78 is 0. The second-order valence-electron chi connectivity index (χ2n) is 8.89. The van der Waals surface area contributed by atoms with E-state index in [1.807, 2.05) is 84.9 Å². The van der Waals surface area contributed by atoms with Crippen LogP contribution >= 0.6 is 0 Å². The molecule has 1 aliphatic rings. The van der Waals surface area contributed by atoms with Gasteiger partial charge in [0, 0.05) is 31.7 Å². The Bertz CT molecular complexity index is 1060. The van der Waals surface area contributed by atoms with Crippen molar-refractivity contribution in [2.75, 3.05) is 25.0 Å². The summed E-state index contributed by atoms with van der Waals surface area (Å²) in [6, 6.07) is 27.2. The first-order valence-corrected chi connectivity index (χ1v) is 11.8. The second kappa shape index (κ2) is 10.6. The largest absolute Gasteiger partial charge is 0.369 e. The topological polar surface area (TPSA) is 101 Å². The van der Waals surface area contributed by atoms with Gasteiger partial charge in [-0.25, -0.2) is 0 Å². The summed E-state index contributed by atoms with van der Waals surface area (Å²) in [4.78, 5) is 27.9. The third-order valence-electron chi connectivity index (χ3n) is 6.86. The van der Waals surface area contributed by atoms with Gasteiger partial charge >= 0.3 is 0 Å². The molecule has 6 nitrogen and oxygen atoms in total. The molecule has 1 saturated heterocycles. The Morgan fingerprint density at radius 3 is 2.03 bits per heavy atom. The number of hydrogen-bond acceptors (Lipinski definition) is 4. The van der Waals surface area contributed by atoms with Crippen molar-refractivity contribution >= 4 is 17.5 Å². The number of nitrogens with zero attached hydrogens (tertiary/aromatic N) is 1. The lowest BCUT2D eigenvalue weighted by Crippen LogP contribution is -2.49. The molecule has 6 heteroatoms. The fourth-order valence-corrected chi connectivity index (χ4v) is 5.12.